The standard InChI is InChI=1S/C18H10N2O/c19-11-13-1-3-14(4-2-13)15-5-7-16(8-6-15)18-10-9-17(12-20)21-18/h1-10H. The van der Waals surface area contributed by atoms with Crippen LogP contribution < -0.4 is 0 Å². The maximum Gasteiger partial charge on any atom is 0.204 e. The highest BCUT2D eigenvalue weighted by molar-refractivity contribution is 5.68. The molecule has 2 aromatic carbocycles. The maximum atomic E-state index is 8.80. The Morgan fingerprint density at radius 2 is 1.19 bits per heavy atom. The molecular formula is C18H10N2O. The number of nitrogens with zero attached hydrogens (tertiary/aromatic N) is 2. The van der Waals surface area contributed by atoms with Gasteiger partial charge in [0.05, 0.1) is 11.6 Å². The fraction of sp³-hybridized carbons (Fsp3) is 0. The smallest absolute Gasteiger partial charge is 0.204 e. The molecule has 0 saturated carbocycles. The zero-order valence-corrected chi connectivity index (χ0v) is 11.1. The van der Waals surface area contributed by atoms with Gasteiger partial charge in [-0.3, -0.25) is 0 Å². The molecule has 0 spiro atoms. The summed E-state index contributed by atoms with van der Waals surface area (Å²) in [4.78, 5) is 0. The summed E-state index contributed by atoms with van der Waals surface area (Å²) in [6, 6.07) is 22.9. The lowest BCUT2D eigenvalue weighted by molar-refractivity contribution is 0.567. The van der Waals surface area contributed by atoms with Crippen LogP contribution in [-0.4, -0.2) is 0 Å². The minimum Gasteiger partial charge on any atom is -0.446 e. The summed E-state index contributed by atoms with van der Waals surface area (Å²) < 4.78 is 5.40. The highest BCUT2D eigenvalue weighted by Gasteiger charge is 2.05. The molecule has 0 amide bonds. The monoisotopic (exact) mass is 270 g/mol. The molecule has 3 rings (SSSR count). The predicted molar refractivity (Wildman–Crippen MR) is 79.0 cm³/mol. The third-order valence-electron chi connectivity index (χ3n) is 3.23. The maximum absolute atomic E-state index is 8.80. The molecule has 0 radical (unpaired) electrons. The van der Waals surface area contributed by atoms with Crippen molar-refractivity contribution in [3.05, 3.63) is 72.0 Å². The summed E-state index contributed by atoms with van der Waals surface area (Å²) in [6.45, 7) is 0. The molecule has 0 aliphatic rings. The first-order valence-electron chi connectivity index (χ1n) is 6.41. The molecule has 0 aliphatic heterocycles. The molecule has 98 valence electrons. The number of hydrogen-bond acceptors (Lipinski definition) is 3. The van der Waals surface area contributed by atoms with Crippen LogP contribution in [-0.2, 0) is 0 Å². The molecule has 3 nitrogen and oxygen atoms in total. The van der Waals surface area contributed by atoms with E-state index >= 15 is 0 Å². The Morgan fingerprint density at radius 3 is 1.71 bits per heavy atom. The van der Waals surface area contributed by atoms with Crippen LogP contribution in [0.3, 0.4) is 0 Å². The summed E-state index contributed by atoms with van der Waals surface area (Å²) in [6.07, 6.45) is 0. The van der Waals surface area contributed by atoms with E-state index in [0.29, 0.717) is 17.1 Å². The van der Waals surface area contributed by atoms with Gasteiger partial charge in [0.2, 0.25) is 5.76 Å². The lowest BCUT2D eigenvalue weighted by atomic mass is 10.0. The van der Waals surface area contributed by atoms with Gasteiger partial charge in [-0.25, -0.2) is 0 Å². The molecule has 0 N–H and O–H groups in total. The van der Waals surface area contributed by atoms with Gasteiger partial charge in [-0.1, -0.05) is 36.4 Å². The van der Waals surface area contributed by atoms with E-state index in [4.69, 9.17) is 14.9 Å². The lowest BCUT2D eigenvalue weighted by Crippen LogP contribution is -1.80. The van der Waals surface area contributed by atoms with E-state index < -0.39 is 0 Å². The van der Waals surface area contributed by atoms with Crippen molar-refractivity contribution < 1.29 is 4.42 Å². The Hall–Kier alpha value is -3.30. The summed E-state index contributed by atoms with van der Waals surface area (Å²) in [5.41, 5.74) is 3.69. The Morgan fingerprint density at radius 1 is 0.619 bits per heavy atom. The van der Waals surface area contributed by atoms with Gasteiger partial charge in [0.15, 0.2) is 0 Å². The van der Waals surface area contributed by atoms with Gasteiger partial charge < -0.3 is 4.42 Å². The molecule has 0 bridgehead atoms. The first-order valence-corrected chi connectivity index (χ1v) is 6.41. The Balaban J connectivity index is 1.90. The molecular weight excluding hydrogens is 260 g/mol. The average molecular weight is 270 g/mol. The zero-order valence-electron chi connectivity index (χ0n) is 11.1. The number of rotatable bonds is 2. The third kappa shape index (κ3) is 2.54. The fourth-order valence-electron chi connectivity index (χ4n) is 2.12. The molecule has 0 unspecified atom stereocenters. The molecule has 3 aromatic rings. The van der Waals surface area contributed by atoms with Crippen molar-refractivity contribution in [3.63, 3.8) is 0 Å². The minimum absolute atomic E-state index is 0.307. The van der Waals surface area contributed by atoms with Crippen LogP contribution in [0.5, 0.6) is 0 Å². The highest BCUT2D eigenvalue weighted by Crippen LogP contribution is 2.26. The van der Waals surface area contributed by atoms with Crippen LogP contribution in [0.4, 0.5) is 0 Å². The minimum atomic E-state index is 0.307. The molecule has 1 aromatic heterocycles. The summed E-state index contributed by atoms with van der Waals surface area (Å²) >= 11 is 0. The average Bonchev–Trinajstić information content (AvgIpc) is 3.04. The van der Waals surface area contributed by atoms with Gasteiger partial charge in [-0.05, 0) is 35.4 Å². The second-order valence-electron chi connectivity index (χ2n) is 4.54. The van der Waals surface area contributed by atoms with Crippen LogP contribution >= 0.6 is 0 Å². The summed E-state index contributed by atoms with van der Waals surface area (Å²) in [5, 5.41) is 17.6. The summed E-state index contributed by atoms with van der Waals surface area (Å²) in [7, 11) is 0. The van der Waals surface area contributed by atoms with Crippen molar-refractivity contribution in [1.82, 2.24) is 0 Å². The number of nitriles is 2. The van der Waals surface area contributed by atoms with Gasteiger partial charge >= 0.3 is 0 Å². The highest BCUT2D eigenvalue weighted by atomic mass is 16.3. The van der Waals surface area contributed by atoms with E-state index in [-0.39, 0.29) is 0 Å². The first-order chi connectivity index (χ1) is 10.3. The molecule has 0 fully saturated rings. The van der Waals surface area contributed by atoms with Crippen molar-refractivity contribution in [2.45, 2.75) is 0 Å². The second-order valence-corrected chi connectivity index (χ2v) is 4.54. The molecule has 0 saturated heterocycles. The van der Waals surface area contributed by atoms with E-state index in [9.17, 15) is 0 Å². The van der Waals surface area contributed by atoms with Crippen molar-refractivity contribution >= 4 is 0 Å². The lowest BCUT2D eigenvalue weighted by Gasteiger charge is -2.03. The first kappa shape index (κ1) is 12.7. The Kier molecular flexibility index (Phi) is 3.25. The van der Waals surface area contributed by atoms with E-state index in [0.717, 1.165) is 16.7 Å². The predicted octanol–water partition coefficient (Wildman–Crippen LogP) is 4.36. The van der Waals surface area contributed by atoms with Crippen molar-refractivity contribution in [2.75, 3.05) is 0 Å². The van der Waals surface area contributed by atoms with E-state index in [1.54, 1.807) is 24.3 Å². The Labute approximate surface area is 122 Å². The SMILES string of the molecule is N#Cc1ccc(-c2ccc(-c3ccc(C#N)o3)cc2)cc1. The van der Waals surface area contributed by atoms with E-state index in [1.807, 2.05) is 42.5 Å². The quantitative estimate of drug-likeness (QED) is 0.695. The second kappa shape index (κ2) is 5.36. The van der Waals surface area contributed by atoms with Gasteiger partial charge in [-0.15, -0.1) is 0 Å². The van der Waals surface area contributed by atoms with Crippen molar-refractivity contribution in [1.29, 1.82) is 10.5 Å². The van der Waals surface area contributed by atoms with Crippen LogP contribution in [0.25, 0.3) is 22.5 Å². The molecule has 3 heteroatoms. The molecule has 0 aliphatic carbocycles. The molecule has 0 atom stereocenters. The van der Waals surface area contributed by atoms with Gasteiger partial charge in [0.1, 0.15) is 11.8 Å². The van der Waals surface area contributed by atoms with Gasteiger partial charge in [0.25, 0.3) is 0 Å². The number of furan rings is 1. The normalized spacial score (nSPS) is 9.81. The van der Waals surface area contributed by atoms with Crippen LogP contribution in [0.1, 0.15) is 11.3 Å². The Bertz CT molecular complexity index is 844. The van der Waals surface area contributed by atoms with Crippen LogP contribution in [0, 0.1) is 22.7 Å². The molecule has 1 heterocycles. The van der Waals surface area contributed by atoms with E-state index in [2.05, 4.69) is 6.07 Å². The zero-order chi connectivity index (χ0) is 14.7. The van der Waals surface area contributed by atoms with Crippen LogP contribution in [0.2, 0.25) is 0 Å². The van der Waals surface area contributed by atoms with E-state index in [1.165, 1.54) is 0 Å². The summed E-state index contributed by atoms with van der Waals surface area (Å²) in [5.74, 6) is 0.985. The van der Waals surface area contributed by atoms with Crippen molar-refractivity contribution in [2.24, 2.45) is 0 Å². The van der Waals surface area contributed by atoms with Crippen LogP contribution in [0.15, 0.2) is 65.1 Å². The number of hydrogen-bond donors (Lipinski definition) is 0. The molecule has 21 heavy (non-hydrogen) atoms. The van der Waals surface area contributed by atoms with Gasteiger partial charge in [-0.2, -0.15) is 10.5 Å². The fourth-order valence-corrected chi connectivity index (χ4v) is 2.12. The van der Waals surface area contributed by atoms with Crippen molar-refractivity contribution in [3.8, 4) is 34.6 Å². The van der Waals surface area contributed by atoms with Gasteiger partial charge in [0, 0.05) is 5.56 Å². The topological polar surface area (TPSA) is 60.7 Å². The third-order valence-corrected chi connectivity index (χ3v) is 3.23. The largest absolute Gasteiger partial charge is 0.446 e. The number of benzene rings is 2.